The third kappa shape index (κ3) is 3.36. The highest BCUT2D eigenvalue weighted by atomic mass is 79.9. The van der Waals surface area contributed by atoms with Crippen molar-refractivity contribution in [2.45, 2.75) is 13.8 Å². The molecule has 0 amide bonds. The minimum absolute atomic E-state index is 0.329. The molecule has 1 aromatic rings. The van der Waals surface area contributed by atoms with E-state index in [1.807, 2.05) is 13.8 Å². The molecule has 0 N–H and O–H groups in total. The lowest BCUT2D eigenvalue weighted by Gasteiger charge is -1.92. The van der Waals surface area contributed by atoms with Crippen molar-refractivity contribution in [1.29, 1.82) is 0 Å². The molecule has 0 radical (unpaired) electrons. The van der Waals surface area contributed by atoms with Gasteiger partial charge in [-0.05, 0) is 15.9 Å². The van der Waals surface area contributed by atoms with E-state index in [0.717, 1.165) is 0 Å². The van der Waals surface area contributed by atoms with Gasteiger partial charge >= 0.3 is 0 Å². The van der Waals surface area contributed by atoms with Crippen molar-refractivity contribution in [2.24, 2.45) is 0 Å². The maximum atomic E-state index is 5.53. The number of halogens is 3. The SMILES string of the molecule is CC.Clc1ncnc(Cl)c1Br. The van der Waals surface area contributed by atoms with Crippen LogP contribution in [0, 0.1) is 0 Å². The molecule has 0 aromatic carbocycles. The fraction of sp³-hybridized carbons (Fsp3) is 0.333. The standard InChI is InChI=1S/C4HBrCl2N2.C2H6/c5-2-3(6)8-1-9-4(2)7;1-2/h1H;1-2H3. The molecule has 62 valence electrons. The first-order valence-electron chi connectivity index (χ1n) is 3.03. The maximum Gasteiger partial charge on any atom is 0.148 e. The lowest BCUT2D eigenvalue weighted by Crippen LogP contribution is -1.80. The summed E-state index contributed by atoms with van der Waals surface area (Å²) in [6.07, 6.45) is 1.30. The lowest BCUT2D eigenvalue weighted by atomic mass is 10.7. The Morgan fingerprint density at radius 1 is 1.18 bits per heavy atom. The number of hydrogen-bond donors (Lipinski definition) is 0. The minimum Gasteiger partial charge on any atom is -0.223 e. The zero-order chi connectivity index (χ0) is 8.85. The second-order valence-electron chi connectivity index (χ2n) is 1.27. The molecule has 0 spiro atoms. The molecular formula is C6H7BrCl2N2. The van der Waals surface area contributed by atoms with E-state index in [9.17, 15) is 0 Å². The molecule has 0 saturated heterocycles. The molecule has 5 heteroatoms. The van der Waals surface area contributed by atoms with Crippen molar-refractivity contribution in [1.82, 2.24) is 9.97 Å². The van der Waals surface area contributed by atoms with Crippen LogP contribution < -0.4 is 0 Å². The van der Waals surface area contributed by atoms with Crippen molar-refractivity contribution < 1.29 is 0 Å². The molecule has 0 aliphatic heterocycles. The van der Waals surface area contributed by atoms with Crippen LogP contribution in [0.3, 0.4) is 0 Å². The highest BCUT2D eigenvalue weighted by Gasteiger charge is 2.01. The molecule has 2 nitrogen and oxygen atoms in total. The second kappa shape index (κ2) is 5.75. The third-order valence-electron chi connectivity index (χ3n) is 0.704. The molecule has 0 bridgehead atoms. The first-order valence-corrected chi connectivity index (χ1v) is 4.58. The van der Waals surface area contributed by atoms with E-state index < -0.39 is 0 Å². The fourth-order valence-corrected chi connectivity index (χ4v) is 0.848. The fourth-order valence-electron chi connectivity index (χ4n) is 0.329. The van der Waals surface area contributed by atoms with Crippen LogP contribution >= 0.6 is 39.1 Å². The van der Waals surface area contributed by atoms with E-state index in [0.29, 0.717) is 14.8 Å². The number of rotatable bonds is 0. The summed E-state index contributed by atoms with van der Waals surface area (Å²) in [7, 11) is 0. The van der Waals surface area contributed by atoms with Crippen LogP contribution in [0.1, 0.15) is 13.8 Å². The molecule has 0 aliphatic carbocycles. The molecule has 1 aromatic heterocycles. The third-order valence-corrected chi connectivity index (χ3v) is 2.49. The van der Waals surface area contributed by atoms with Crippen molar-refractivity contribution in [3.8, 4) is 0 Å². The van der Waals surface area contributed by atoms with Crippen LogP contribution in [0.15, 0.2) is 10.8 Å². The van der Waals surface area contributed by atoms with Gasteiger partial charge in [0.1, 0.15) is 16.6 Å². The Morgan fingerprint density at radius 3 is 1.82 bits per heavy atom. The molecule has 0 atom stereocenters. The van der Waals surface area contributed by atoms with Gasteiger partial charge in [-0.3, -0.25) is 0 Å². The highest BCUT2D eigenvalue weighted by Crippen LogP contribution is 2.25. The van der Waals surface area contributed by atoms with Gasteiger partial charge in [0.15, 0.2) is 0 Å². The Morgan fingerprint density at radius 2 is 1.55 bits per heavy atom. The highest BCUT2D eigenvalue weighted by molar-refractivity contribution is 9.10. The summed E-state index contributed by atoms with van der Waals surface area (Å²) < 4.78 is 0.535. The van der Waals surface area contributed by atoms with E-state index in [4.69, 9.17) is 23.2 Å². The summed E-state index contributed by atoms with van der Waals surface area (Å²) in [6.45, 7) is 4.00. The molecule has 11 heavy (non-hydrogen) atoms. The lowest BCUT2D eigenvalue weighted by molar-refractivity contribution is 1.15. The summed E-state index contributed by atoms with van der Waals surface area (Å²) in [4.78, 5) is 7.33. The molecule has 1 rings (SSSR count). The molecule has 0 fully saturated rings. The van der Waals surface area contributed by atoms with Crippen LogP contribution in [0.4, 0.5) is 0 Å². The van der Waals surface area contributed by atoms with E-state index in [1.54, 1.807) is 0 Å². The minimum atomic E-state index is 0.329. The van der Waals surface area contributed by atoms with Gasteiger partial charge in [-0.25, -0.2) is 9.97 Å². The van der Waals surface area contributed by atoms with Gasteiger partial charge in [0.05, 0.1) is 4.47 Å². The molecule has 0 unspecified atom stereocenters. The second-order valence-corrected chi connectivity index (χ2v) is 2.78. The maximum absolute atomic E-state index is 5.53. The first kappa shape index (κ1) is 11.1. The van der Waals surface area contributed by atoms with Gasteiger partial charge in [0.2, 0.25) is 0 Å². The normalized spacial score (nSPS) is 8.45. The average molecular weight is 258 g/mol. The summed E-state index contributed by atoms with van der Waals surface area (Å²) in [5.74, 6) is 0. The van der Waals surface area contributed by atoms with Crippen LogP contribution in [-0.2, 0) is 0 Å². The molecule has 0 aliphatic rings. The zero-order valence-electron chi connectivity index (χ0n) is 6.11. The van der Waals surface area contributed by atoms with Crippen LogP contribution in [0.2, 0.25) is 10.3 Å². The molecule has 1 heterocycles. The molecule has 0 saturated carbocycles. The van der Waals surface area contributed by atoms with Gasteiger partial charge < -0.3 is 0 Å². The van der Waals surface area contributed by atoms with E-state index in [2.05, 4.69) is 25.9 Å². The Hall–Kier alpha value is 0.140. The summed E-state index contributed by atoms with van der Waals surface area (Å²) in [5.41, 5.74) is 0. The van der Waals surface area contributed by atoms with Crippen molar-refractivity contribution in [2.75, 3.05) is 0 Å². The first-order chi connectivity index (χ1) is 5.22. The van der Waals surface area contributed by atoms with E-state index >= 15 is 0 Å². The van der Waals surface area contributed by atoms with Gasteiger partial charge in [0, 0.05) is 0 Å². The van der Waals surface area contributed by atoms with Crippen LogP contribution in [-0.4, -0.2) is 9.97 Å². The van der Waals surface area contributed by atoms with Gasteiger partial charge in [0.25, 0.3) is 0 Å². The quantitative estimate of drug-likeness (QED) is 0.664. The zero-order valence-corrected chi connectivity index (χ0v) is 9.20. The Kier molecular flexibility index (Phi) is 5.82. The Balaban J connectivity index is 0.000000461. The predicted molar refractivity (Wildman–Crippen MR) is 51.1 cm³/mol. The number of nitrogens with zero attached hydrogens (tertiary/aromatic N) is 2. The van der Waals surface area contributed by atoms with Crippen LogP contribution in [0.5, 0.6) is 0 Å². The summed E-state index contributed by atoms with van der Waals surface area (Å²) >= 11 is 14.2. The monoisotopic (exact) mass is 256 g/mol. The van der Waals surface area contributed by atoms with Crippen LogP contribution in [0.25, 0.3) is 0 Å². The smallest absolute Gasteiger partial charge is 0.148 e. The number of aromatic nitrogens is 2. The van der Waals surface area contributed by atoms with E-state index in [-0.39, 0.29) is 0 Å². The largest absolute Gasteiger partial charge is 0.223 e. The van der Waals surface area contributed by atoms with Gasteiger partial charge in [-0.15, -0.1) is 0 Å². The van der Waals surface area contributed by atoms with Crippen molar-refractivity contribution in [3.63, 3.8) is 0 Å². The average Bonchev–Trinajstić information content (AvgIpc) is 2.04. The summed E-state index contributed by atoms with van der Waals surface area (Å²) in [6, 6.07) is 0. The van der Waals surface area contributed by atoms with Crippen molar-refractivity contribution >= 4 is 39.1 Å². The predicted octanol–water partition coefficient (Wildman–Crippen LogP) is 3.57. The Labute approximate surface area is 84.1 Å². The topological polar surface area (TPSA) is 25.8 Å². The number of hydrogen-bond acceptors (Lipinski definition) is 2. The molecular weight excluding hydrogens is 251 g/mol. The van der Waals surface area contributed by atoms with Crippen molar-refractivity contribution in [3.05, 3.63) is 21.1 Å². The Bertz CT molecular complexity index is 210. The van der Waals surface area contributed by atoms with Gasteiger partial charge in [-0.1, -0.05) is 37.0 Å². The van der Waals surface area contributed by atoms with E-state index in [1.165, 1.54) is 6.33 Å². The van der Waals surface area contributed by atoms with Gasteiger partial charge in [-0.2, -0.15) is 0 Å². The summed E-state index contributed by atoms with van der Waals surface area (Å²) in [5, 5.41) is 0.657.